The van der Waals surface area contributed by atoms with E-state index in [2.05, 4.69) is 6.07 Å². The molecule has 4 heteroatoms. The Bertz CT molecular complexity index is 425. The number of amides is 1. The lowest BCUT2D eigenvalue weighted by molar-refractivity contribution is 0.000832. The molecule has 1 amide bonds. The van der Waals surface area contributed by atoms with E-state index in [1.807, 2.05) is 30.9 Å². The molecule has 1 fully saturated rings. The maximum absolute atomic E-state index is 12.5. The molecule has 4 nitrogen and oxygen atoms in total. The van der Waals surface area contributed by atoms with Crippen LogP contribution < -0.4 is 5.73 Å². The Morgan fingerprint density at radius 1 is 1.39 bits per heavy atom. The summed E-state index contributed by atoms with van der Waals surface area (Å²) < 4.78 is 5.36. The predicted molar refractivity (Wildman–Crippen MR) is 70.6 cm³/mol. The van der Waals surface area contributed by atoms with E-state index in [1.165, 1.54) is 0 Å². The SMILES string of the molecule is Cc1cc(C)cc(C(=O)N2CCOCC2CN)c1. The number of ether oxygens (including phenoxy) is 1. The number of nitrogens with two attached hydrogens (primary N) is 1. The van der Waals surface area contributed by atoms with Crippen molar-refractivity contribution in [1.82, 2.24) is 4.90 Å². The molecule has 1 heterocycles. The zero-order valence-corrected chi connectivity index (χ0v) is 11.0. The van der Waals surface area contributed by atoms with Crippen LogP contribution in [0.4, 0.5) is 0 Å². The summed E-state index contributed by atoms with van der Waals surface area (Å²) in [5.74, 6) is 0.0561. The fraction of sp³-hybridized carbons (Fsp3) is 0.500. The van der Waals surface area contributed by atoms with Gasteiger partial charge >= 0.3 is 0 Å². The van der Waals surface area contributed by atoms with Crippen molar-refractivity contribution in [3.8, 4) is 0 Å². The van der Waals surface area contributed by atoms with Gasteiger partial charge in [-0.05, 0) is 26.0 Å². The second-order valence-corrected chi connectivity index (χ2v) is 4.84. The van der Waals surface area contributed by atoms with Crippen LogP contribution in [0.2, 0.25) is 0 Å². The topological polar surface area (TPSA) is 55.6 Å². The largest absolute Gasteiger partial charge is 0.377 e. The molecule has 0 bridgehead atoms. The highest BCUT2D eigenvalue weighted by atomic mass is 16.5. The van der Waals surface area contributed by atoms with Crippen LogP contribution in [-0.2, 0) is 4.74 Å². The molecule has 18 heavy (non-hydrogen) atoms. The molecule has 2 rings (SSSR count). The van der Waals surface area contributed by atoms with Crippen LogP contribution >= 0.6 is 0 Å². The van der Waals surface area contributed by atoms with Gasteiger partial charge in [0.2, 0.25) is 0 Å². The van der Waals surface area contributed by atoms with Gasteiger partial charge in [0.15, 0.2) is 0 Å². The van der Waals surface area contributed by atoms with E-state index in [4.69, 9.17) is 10.5 Å². The van der Waals surface area contributed by atoms with Gasteiger partial charge in [0.05, 0.1) is 19.3 Å². The van der Waals surface area contributed by atoms with Crippen molar-refractivity contribution in [2.45, 2.75) is 19.9 Å². The number of morpholine rings is 1. The highest BCUT2D eigenvalue weighted by molar-refractivity contribution is 5.95. The molecule has 1 atom stereocenters. The van der Waals surface area contributed by atoms with Crippen LogP contribution in [0.3, 0.4) is 0 Å². The van der Waals surface area contributed by atoms with Gasteiger partial charge in [-0.1, -0.05) is 17.2 Å². The Morgan fingerprint density at radius 2 is 2.06 bits per heavy atom. The van der Waals surface area contributed by atoms with E-state index in [0.717, 1.165) is 16.7 Å². The number of aryl methyl sites for hydroxylation is 2. The maximum Gasteiger partial charge on any atom is 0.254 e. The van der Waals surface area contributed by atoms with Gasteiger partial charge in [0, 0.05) is 18.7 Å². The lowest BCUT2D eigenvalue weighted by Crippen LogP contribution is -2.52. The molecule has 0 aliphatic carbocycles. The van der Waals surface area contributed by atoms with Gasteiger partial charge in [-0.25, -0.2) is 0 Å². The molecule has 0 spiro atoms. The first kappa shape index (κ1) is 13.1. The zero-order valence-electron chi connectivity index (χ0n) is 11.0. The quantitative estimate of drug-likeness (QED) is 0.852. The molecule has 98 valence electrons. The fourth-order valence-electron chi connectivity index (χ4n) is 2.38. The number of hydrogen-bond acceptors (Lipinski definition) is 3. The molecule has 1 saturated heterocycles. The Hall–Kier alpha value is -1.39. The minimum absolute atomic E-state index is 0.00734. The minimum Gasteiger partial charge on any atom is -0.377 e. The van der Waals surface area contributed by atoms with Gasteiger partial charge < -0.3 is 15.4 Å². The molecule has 0 saturated carbocycles. The zero-order chi connectivity index (χ0) is 13.1. The number of nitrogens with zero attached hydrogens (tertiary/aromatic N) is 1. The number of rotatable bonds is 2. The van der Waals surface area contributed by atoms with Crippen molar-refractivity contribution in [1.29, 1.82) is 0 Å². The summed E-state index contributed by atoms with van der Waals surface area (Å²) in [5, 5.41) is 0. The van der Waals surface area contributed by atoms with Crippen molar-refractivity contribution in [3.05, 3.63) is 34.9 Å². The average Bonchev–Trinajstić information content (AvgIpc) is 2.36. The Kier molecular flexibility index (Phi) is 3.99. The van der Waals surface area contributed by atoms with Gasteiger partial charge in [-0.3, -0.25) is 4.79 Å². The second kappa shape index (κ2) is 5.50. The lowest BCUT2D eigenvalue weighted by atomic mass is 10.1. The Morgan fingerprint density at radius 3 is 2.67 bits per heavy atom. The first-order valence-electron chi connectivity index (χ1n) is 6.29. The molecular formula is C14H20N2O2. The van der Waals surface area contributed by atoms with E-state index >= 15 is 0 Å². The highest BCUT2D eigenvalue weighted by Gasteiger charge is 2.27. The van der Waals surface area contributed by atoms with E-state index in [0.29, 0.717) is 26.3 Å². The van der Waals surface area contributed by atoms with Crippen LogP contribution in [0.5, 0.6) is 0 Å². The molecule has 1 aromatic rings. The molecular weight excluding hydrogens is 228 g/mol. The first-order valence-corrected chi connectivity index (χ1v) is 6.29. The summed E-state index contributed by atoms with van der Waals surface area (Å²) >= 11 is 0. The molecule has 0 aromatic heterocycles. The summed E-state index contributed by atoms with van der Waals surface area (Å²) in [7, 11) is 0. The molecule has 1 aromatic carbocycles. The highest BCUT2D eigenvalue weighted by Crippen LogP contribution is 2.15. The molecule has 1 aliphatic rings. The maximum atomic E-state index is 12.5. The number of carbonyl (C=O) groups excluding carboxylic acids is 1. The summed E-state index contributed by atoms with van der Waals surface area (Å²) in [6, 6.07) is 5.92. The van der Waals surface area contributed by atoms with Gasteiger partial charge in [-0.2, -0.15) is 0 Å². The third-order valence-corrected chi connectivity index (χ3v) is 3.23. The average molecular weight is 248 g/mol. The molecule has 1 unspecified atom stereocenters. The van der Waals surface area contributed by atoms with Gasteiger partial charge in [0.1, 0.15) is 0 Å². The van der Waals surface area contributed by atoms with E-state index < -0.39 is 0 Å². The molecule has 2 N–H and O–H groups in total. The first-order chi connectivity index (χ1) is 8.61. The third kappa shape index (κ3) is 2.71. The van der Waals surface area contributed by atoms with E-state index in [9.17, 15) is 4.79 Å². The van der Waals surface area contributed by atoms with Crippen molar-refractivity contribution in [2.75, 3.05) is 26.3 Å². The Labute approximate surface area is 108 Å². The van der Waals surface area contributed by atoms with Crippen LogP contribution in [0.25, 0.3) is 0 Å². The normalized spacial score (nSPS) is 19.9. The van der Waals surface area contributed by atoms with Crippen LogP contribution in [-0.4, -0.2) is 43.2 Å². The molecule has 1 aliphatic heterocycles. The second-order valence-electron chi connectivity index (χ2n) is 4.84. The molecule has 0 radical (unpaired) electrons. The summed E-state index contributed by atoms with van der Waals surface area (Å²) in [5.41, 5.74) is 8.65. The van der Waals surface area contributed by atoms with Crippen LogP contribution in [0.1, 0.15) is 21.5 Å². The predicted octanol–water partition coefficient (Wildman–Crippen LogP) is 1.10. The lowest BCUT2D eigenvalue weighted by Gasteiger charge is -2.35. The van der Waals surface area contributed by atoms with Crippen LogP contribution in [0, 0.1) is 13.8 Å². The van der Waals surface area contributed by atoms with Crippen molar-refractivity contribution >= 4 is 5.91 Å². The smallest absolute Gasteiger partial charge is 0.254 e. The third-order valence-electron chi connectivity index (χ3n) is 3.23. The number of carbonyl (C=O) groups is 1. The van der Waals surface area contributed by atoms with E-state index in [-0.39, 0.29) is 11.9 Å². The van der Waals surface area contributed by atoms with Crippen molar-refractivity contribution < 1.29 is 9.53 Å². The van der Waals surface area contributed by atoms with Crippen molar-refractivity contribution in [3.63, 3.8) is 0 Å². The summed E-state index contributed by atoms with van der Waals surface area (Å²) in [6.07, 6.45) is 0. The number of hydrogen-bond donors (Lipinski definition) is 1. The summed E-state index contributed by atoms with van der Waals surface area (Å²) in [6.45, 7) is 6.19. The fourth-order valence-corrected chi connectivity index (χ4v) is 2.38. The van der Waals surface area contributed by atoms with Gasteiger partial charge in [-0.15, -0.1) is 0 Å². The monoisotopic (exact) mass is 248 g/mol. The van der Waals surface area contributed by atoms with Crippen LogP contribution in [0.15, 0.2) is 18.2 Å². The Balaban J connectivity index is 2.23. The minimum atomic E-state index is -0.00734. The van der Waals surface area contributed by atoms with E-state index in [1.54, 1.807) is 0 Å². The number of benzene rings is 1. The standard InChI is InChI=1S/C14H20N2O2/c1-10-5-11(2)7-12(6-10)14(17)16-3-4-18-9-13(16)8-15/h5-7,13H,3-4,8-9,15H2,1-2H3. The van der Waals surface area contributed by atoms with Crippen molar-refractivity contribution in [2.24, 2.45) is 5.73 Å². The van der Waals surface area contributed by atoms with Gasteiger partial charge in [0.25, 0.3) is 5.91 Å². The summed E-state index contributed by atoms with van der Waals surface area (Å²) in [4.78, 5) is 14.3.